The number of ether oxygens (including phenoxy) is 2. The van der Waals surface area contributed by atoms with Gasteiger partial charge in [-0.15, -0.1) is 0 Å². The average Bonchev–Trinajstić information content (AvgIpc) is 2.52. The van der Waals surface area contributed by atoms with Crippen molar-refractivity contribution in [1.82, 2.24) is 10.6 Å². The summed E-state index contributed by atoms with van der Waals surface area (Å²) in [5.41, 5.74) is 0. The molecule has 0 amide bonds. The summed E-state index contributed by atoms with van der Waals surface area (Å²) in [6.45, 7) is 7.00. The van der Waals surface area contributed by atoms with E-state index in [1.807, 2.05) is 38.1 Å². The van der Waals surface area contributed by atoms with Crippen molar-refractivity contribution in [1.29, 1.82) is 0 Å². The Morgan fingerprint density at radius 2 is 2.00 bits per heavy atom. The number of halogens is 1. The number of rotatable bonds is 9. The number of hydrogen-bond donors (Lipinski definition) is 2. The summed E-state index contributed by atoms with van der Waals surface area (Å²) in [6, 6.07) is 7.35. The summed E-state index contributed by atoms with van der Waals surface area (Å²) in [4.78, 5) is 4.18. The molecule has 2 N–H and O–H groups in total. The van der Waals surface area contributed by atoms with Crippen LogP contribution in [-0.2, 0) is 4.74 Å². The second kappa shape index (κ2) is 11.2. The van der Waals surface area contributed by atoms with Crippen molar-refractivity contribution >= 4 is 17.6 Å². The summed E-state index contributed by atoms with van der Waals surface area (Å²) >= 11 is 5.85. The largest absolute Gasteiger partial charge is 0.489 e. The third-order valence-corrected chi connectivity index (χ3v) is 3.15. The van der Waals surface area contributed by atoms with Crippen LogP contribution in [0.15, 0.2) is 29.3 Å². The lowest BCUT2D eigenvalue weighted by Gasteiger charge is -2.17. The zero-order chi connectivity index (χ0) is 16.2. The van der Waals surface area contributed by atoms with Gasteiger partial charge in [-0.05, 0) is 44.5 Å². The molecule has 0 radical (unpaired) electrons. The molecule has 1 aromatic rings. The van der Waals surface area contributed by atoms with Crippen molar-refractivity contribution in [3.05, 3.63) is 29.3 Å². The van der Waals surface area contributed by atoms with E-state index in [0.29, 0.717) is 11.6 Å². The molecular formula is C16H26ClN3O2. The quantitative estimate of drug-likeness (QED) is 0.416. The summed E-state index contributed by atoms with van der Waals surface area (Å²) < 4.78 is 11.1. The van der Waals surface area contributed by atoms with Crippen LogP contribution in [0.3, 0.4) is 0 Å². The maximum atomic E-state index is 5.85. The van der Waals surface area contributed by atoms with E-state index in [0.717, 1.165) is 37.9 Å². The van der Waals surface area contributed by atoms with E-state index in [-0.39, 0.29) is 6.10 Å². The molecule has 0 fully saturated rings. The van der Waals surface area contributed by atoms with E-state index in [1.165, 1.54) is 0 Å². The first-order chi connectivity index (χ1) is 10.7. The topological polar surface area (TPSA) is 54.9 Å². The van der Waals surface area contributed by atoms with Crippen LogP contribution in [0.1, 0.15) is 20.3 Å². The van der Waals surface area contributed by atoms with E-state index in [1.54, 1.807) is 7.05 Å². The number of benzene rings is 1. The monoisotopic (exact) mass is 327 g/mol. The number of nitrogens with zero attached hydrogens (tertiary/aromatic N) is 1. The van der Waals surface area contributed by atoms with Crippen molar-refractivity contribution in [3.8, 4) is 5.75 Å². The molecule has 1 atom stereocenters. The highest BCUT2D eigenvalue weighted by Gasteiger charge is 2.05. The number of guanidine groups is 1. The minimum absolute atomic E-state index is 0.0168. The van der Waals surface area contributed by atoms with Gasteiger partial charge in [0.05, 0.1) is 6.54 Å². The number of nitrogens with one attached hydrogen (secondary N) is 2. The second-order valence-electron chi connectivity index (χ2n) is 4.81. The summed E-state index contributed by atoms with van der Waals surface area (Å²) in [5.74, 6) is 1.57. The smallest absolute Gasteiger partial charge is 0.191 e. The Balaban J connectivity index is 2.23. The summed E-state index contributed by atoms with van der Waals surface area (Å²) in [7, 11) is 1.75. The lowest BCUT2D eigenvalue weighted by atomic mass is 10.3. The van der Waals surface area contributed by atoms with Crippen molar-refractivity contribution in [2.75, 3.05) is 33.4 Å². The Morgan fingerprint density at radius 3 is 2.64 bits per heavy atom. The van der Waals surface area contributed by atoms with Crippen LogP contribution >= 0.6 is 11.6 Å². The highest BCUT2D eigenvalue weighted by Crippen LogP contribution is 2.16. The molecule has 0 bridgehead atoms. The minimum Gasteiger partial charge on any atom is -0.489 e. The zero-order valence-corrected chi connectivity index (χ0v) is 14.3. The highest BCUT2D eigenvalue weighted by molar-refractivity contribution is 6.30. The maximum absolute atomic E-state index is 5.85. The molecule has 5 nitrogen and oxygen atoms in total. The lowest BCUT2D eigenvalue weighted by Crippen LogP contribution is -2.42. The fourth-order valence-electron chi connectivity index (χ4n) is 1.77. The second-order valence-corrected chi connectivity index (χ2v) is 5.25. The fraction of sp³-hybridized carbons (Fsp3) is 0.562. The van der Waals surface area contributed by atoms with Crippen LogP contribution in [-0.4, -0.2) is 45.4 Å². The molecule has 0 saturated carbocycles. The van der Waals surface area contributed by atoms with Gasteiger partial charge in [-0.25, -0.2) is 0 Å². The lowest BCUT2D eigenvalue weighted by molar-refractivity contribution is 0.145. The zero-order valence-electron chi connectivity index (χ0n) is 13.6. The molecule has 1 rings (SSSR count). The number of aliphatic imine (C=N–C) groups is 1. The van der Waals surface area contributed by atoms with Crippen LogP contribution in [0.2, 0.25) is 5.02 Å². The van der Waals surface area contributed by atoms with Crippen LogP contribution in [0, 0.1) is 0 Å². The van der Waals surface area contributed by atoms with Crippen molar-refractivity contribution in [3.63, 3.8) is 0 Å². The van der Waals surface area contributed by atoms with Crippen LogP contribution in [0.25, 0.3) is 0 Å². The van der Waals surface area contributed by atoms with E-state index < -0.39 is 0 Å². The molecule has 0 heterocycles. The first-order valence-electron chi connectivity index (χ1n) is 7.60. The first-order valence-corrected chi connectivity index (χ1v) is 7.98. The first kappa shape index (κ1) is 18.6. The molecule has 0 aromatic heterocycles. The molecule has 0 aliphatic rings. The van der Waals surface area contributed by atoms with Gasteiger partial charge in [-0.2, -0.15) is 0 Å². The predicted octanol–water partition coefficient (Wildman–Crippen LogP) is 2.70. The Hall–Kier alpha value is -1.46. The van der Waals surface area contributed by atoms with Crippen molar-refractivity contribution in [2.24, 2.45) is 4.99 Å². The van der Waals surface area contributed by atoms with Gasteiger partial charge >= 0.3 is 0 Å². The van der Waals surface area contributed by atoms with Gasteiger partial charge in [-0.3, -0.25) is 4.99 Å². The van der Waals surface area contributed by atoms with Crippen LogP contribution in [0.5, 0.6) is 5.75 Å². The molecule has 0 aliphatic heterocycles. The predicted molar refractivity (Wildman–Crippen MR) is 92.0 cm³/mol. The maximum Gasteiger partial charge on any atom is 0.191 e. The van der Waals surface area contributed by atoms with Gasteiger partial charge in [0.15, 0.2) is 5.96 Å². The fourth-order valence-corrected chi connectivity index (χ4v) is 1.90. The Bertz CT molecular complexity index is 438. The third-order valence-electron chi connectivity index (χ3n) is 2.89. The molecular weight excluding hydrogens is 302 g/mol. The molecule has 6 heteroatoms. The van der Waals surface area contributed by atoms with Crippen molar-refractivity contribution < 1.29 is 9.47 Å². The molecule has 0 spiro atoms. The van der Waals surface area contributed by atoms with Gasteiger partial charge in [0.1, 0.15) is 11.9 Å². The summed E-state index contributed by atoms with van der Waals surface area (Å²) in [6.07, 6.45) is 0.967. The third kappa shape index (κ3) is 8.10. The molecule has 124 valence electrons. The molecule has 22 heavy (non-hydrogen) atoms. The Labute approximate surface area is 138 Å². The number of hydrogen-bond acceptors (Lipinski definition) is 3. The van der Waals surface area contributed by atoms with Crippen molar-refractivity contribution in [2.45, 2.75) is 26.4 Å². The van der Waals surface area contributed by atoms with Gasteiger partial charge < -0.3 is 20.1 Å². The van der Waals surface area contributed by atoms with Crippen LogP contribution in [0.4, 0.5) is 0 Å². The average molecular weight is 328 g/mol. The normalized spacial score (nSPS) is 12.8. The SMILES string of the molecule is CCOCCCNC(=NC)NCC(C)Oc1ccc(Cl)cc1. The highest BCUT2D eigenvalue weighted by atomic mass is 35.5. The summed E-state index contributed by atoms with van der Waals surface area (Å²) in [5, 5.41) is 7.18. The van der Waals surface area contributed by atoms with E-state index in [9.17, 15) is 0 Å². The Morgan fingerprint density at radius 1 is 1.27 bits per heavy atom. The Kier molecular flexibility index (Phi) is 9.42. The molecule has 1 aromatic carbocycles. The standard InChI is InChI=1S/C16H26ClN3O2/c1-4-21-11-5-10-19-16(18-3)20-12-13(2)22-15-8-6-14(17)7-9-15/h6-9,13H,4-5,10-12H2,1-3H3,(H2,18,19,20). The van der Waals surface area contributed by atoms with Crippen LogP contribution < -0.4 is 15.4 Å². The van der Waals surface area contributed by atoms with Gasteiger partial charge in [0.25, 0.3) is 0 Å². The molecule has 0 aliphatic carbocycles. The van der Waals surface area contributed by atoms with Gasteiger partial charge in [-0.1, -0.05) is 11.6 Å². The van der Waals surface area contributed by atoms with E-state index >= 15 is 0 Å². The molecule has 1 unspecified atom stereocenters. The van der Waals surface area contributed by atoms with Gasteiger partial charge in [0, 0.05) is 31.8 Å². The van der Waals surface area contributed by atoms with E-state index in [2.05, 4.69) is 15.6 Å². The van der Waals surface area contributed by atoms with E-state index in [4.69, 9.17) is 21.1 Å². The van der Waals surface area contributed by atoms with Gasteiger partial charge in [0.2, 0.25) is 0 Å². The minimum atomic E-state index is 0.0168. The molecule has 0 saturated heterocycles.